The molecule has 0 saturated carbocycles. The van der Waals surface area contributed by atoms with E-state index in [4.69, 9.17) is 5.21 Å². The molecule has 0 aliphatic carbocycles. The van der Waals surface area contributed by atoms with Crippen LogP contribution in [-0.4, -0.2) is 45.1 Å². The highest BCUT2D eigenvalue weighted by Crippen LogP contribution is 2.17. The van der Waals surface area contributed by atoms with Crippen LogP contribution in [0.1, 0.15) is 23.2 Å². The first kappa shape index (κ1) is 23.8. The number of nitrogens with one attached hydrogen (secondary N) is 2. The molecular weight excluding hydrogens is 401 g/mol. The van der Waals surface area contributed by atoms with Crippen LogP contribution in [0.25, 0.3) is 6.08 Å². The number of hydrogen-bond acceptors (Lipinski definition) is 6. The van der Waals surface area contributed by atoms with Gasteiger partial charge in [-0.05, 0) is 25.0 Å². The van der Waals surface area contributed by atoms with Gasteiger partial charge < -0.3 is 5.32 Å². The van der Waals surface area contributed by atoms with E-state index in [0.717, 1.165) is 31.9 Å². The summed E-state index contributed by atoms with van der Waals surface area (Å²) in [5.74, 6) is 0.115. The minimum absolute atomic E-state index is 0. The van der Waals surface area contributed by atoms with Crippen LogP contribution in [0, 0.1) is 6.92 Å². The van der Waals surface area contributed by atoms with Crippen molar-refractivity contribution < 1.29 is 10.0 Å². The average molecular weight is 426 g/mol. The molecule has 3 N–H and O–H groups in total. The molecule has 2 aromatic rings. The van der Waals surface area contributed by atoms with E-state index >= 15 is 0 Å². The Balaban J connectivity index is 0.00000196. The number of aromatic nitrogens is 2. The number of likely N-dealkylation sites (tertiary alicyclic amines) is 1. The van der Waals surface area contributed by atoms with E-state index in [-0.39, 0.29) is 24.8 Å². The van der Waals surface area contributed by atoms with Gasteiger partial charge in [-0.25, -0.2) is 10.5 Å². The summed E-state index contributed by atoms with van der Waals surface area (Å²) in [6, 6.07) is 9.01. The third kappa shape index (κ3) is 7.09. The lowest BCUT2D eigenvalue weighted by molar-refractivity contribution is -0.124. The third-order valence-electron chi connectivity index (χ3n) is 4.34. The Hall–Kier alpha value is -2.19. The first-order valence-electron chi connectivity index (χ1n) is 8.61. The number of halogens is 2. The summed E-state index contributed by atoms with van der Waals surface area (Å²) in [4.78, 5) is 21.9. The smallest absolute Gasteiger partial charge is 0.267 e. The van der Waals surface area contributed by atoms with Crippen molar-refractivity contribution in [3.63, 3.8) is 0 Å². The summed E-state index contributed by atoms with van der Waals surface area (Å²) >= 11 is 0. The topological polar surface area (TPSA) is 90.4 Å². The number of amides is 1. The van der Waals surface area contributed by atoms with E-state index < -0.39 is 5.91 Å². The first-order chi connectivity index (χ1) is 12.6. The quantitative estimate of drug-likeness (QED) is 0.374. The predicted molar refractivity (Wildman–Crippen MR) is 114 cm³/mol. The normalized spacial score (nSPS) is 16.3. The van der Waals surface area contributed by atoms with Gasteiger partial charge in [0.05, 0.1) is 18.1 Å². The number of anilines is 1. The fourth-order valence-corrected chi connectivity index (χ4v) is 2.95. The van der Waals surface area contributed by atoms with Crippen molar-refractivity contribution in [2.75, 3.05) is 18.4 Å². The van der Waals surface area contributed by atoms with E-state index in [2.05, 4.69) is 51.4 Å². The average Bonchev–Trinajstić information content (AvgIpc) is 3.09. The minimum atomic E-state index is -0.603. The maximum atomic E-state index is 10.9. The van der Waals surface area contributed by atoms with Crippen molar-refractivity contribution in [3.05, 3.63) is 59.6 Å². The second kappa shape index (κ2) is 11.6. The summed E-state index contributed by atoms with van der Waals surface area (Å²) in [6.07, 6.45) is 6.98. The molecule has 1 aliphatic rings. The molecule has 0 unspecified atom stereocenters. The summed E-state index contributed by atoms with van der Waals surface area (Å²) in [6.45, 7) is 5.08. The molecule has 0 bridgehead atoms. The maximum absolute atomic E-state index is 10.9. The van der Waals surface area contributed by atoms with E-state index in [1.807, 2.05) is 0 Å². The van der Waals surface area contributed by atoms with Crippen LogP contribution in [0.3, 0.4) is 0 Å². The van der Waals surface area contributed by atoms with Crippen LogP contribution in [0.2, 0.25) is 0 Å². The molecule has 1 amide bonds. The van der Waals surface area contributed by atoms with Crippen LogP contribution in [0.4, 0.5) is 5.82 Å². The van der Waals surface area contributed by atoms with Crippen molar-refractivity contribution in [2.24, 2.45) is 0 Å². The van der Waals surface area contributed by atoms with Gasteiger partial charge in [0, 0.05) is 31.8 Å². The molecule has 7 nitrogen and oxygen atoms in total. The van der Waals surface area contributed by atoms with Gasteiger partial charge in [0.15, 0.2) is 0 Å². The highest BCUT2D eigenvalue weighted by molar-refractivity contribution is 5.90. The third-order valence-corrected chi connectivity index (χ3v) is 4.34. The minimum Gasteiger partial charge on any atom is -0.365 e. The Kier molecular flexibility index (Phi) is 9.89. The van der Waals surface area contributed by atoms with E-state index in [1.54, 1.807) is 12.4 Å². The predicted octanol–water partition coefficient (Wildman–Crippen LogP) is 2.83. The monoisotopic (exact) mass is 425 g/mol. The summed E-state index contributed by atoms with van der Waals surface area (Å²) in [5.41, 5.74) is 4.69. The zero-order chi connectivity index (χ0) is 18.4. The van der Waals surface area contributed by atoms with Gasteiger partial charge >= 0.3 is 0 Å². The largest absolute Gasteiger partial charge is 0.365 e. The zero-order valence-corrected chi connectivity index (χ0v) is 17.2. The van der Waals surface area contributed by atoms with Gasteiger partial charge in [-0.15, -0.1) is 24.8 Å². The highest BCUT2D eigenvalue weighted by atomic mass is 35.5. The molecule has 0 spiro atoms. The Morgan fingerprint density at radius 1 is 1.25 bits per heavy atom. The maximum Gasteiger partial charge on any atom is 0.267 e. The van der Waals surface area contributed by atoms with Gasteiger partial charge in [0.25, 0.3) is 5.91 Å². The number of carbonyl (C=O) groups excluding carboxylic acids is 1. The van der Waals surface area contributed by atoms with Crippen molar-refractivity contribution in [1.29, 1.82) is 0 Å². The van der Waals surface area contributed by atoms with E-state index in [9.17, 15) is 4.79 Å². The van der Waals surface area contributed by atoms with Crippen LogP contribution in [0.15, 0.2) is 42.7 Å². The number of rotatable bonds is 6. The Morgan fingerprint density at radius 2 is 2.00 bits per heavy atom. The molecule has 9 heteroatoms. The van der Waals surface area contributed by atoms with Crippen LogP contribution < -0.4 is 10.8 Å². The number of aryl methyl sites for hydroxylation is 1. The van der Waals surface area contributed by atoms with E-state index in [1.165, 1.54) is 28.8 Å². The molecule has 1 saturated heterocycles. The Morgan fingerprint density at radius 3 is 2.64 bits per heavy atom. The SMILES string of the molecule is Cc1ccc(CN2CC[C@@H](Nc3cnc(/C=C/C(=O)NO)cn3)C2)cc1.Cl.Cl. The molecular formula is C19H25Cl2N5O2. The summed E-state index contributed by atoms with van der Waals surface area (Å²) in [7, 11) is 0. The van der Waals surface area contributed by atoms with Crippen LogP contribution in [-0.2, 0) is 11.3 Å². The number of hydroxylamine groups is 1. The molecule has 1 aromatic heterocycles. The lowest BCUT2D eigenvalue weighted by Gasteiger charge is -2.17. The summed E-state index contributed by atoms with van der Waals surface area (Å²) in [5, 5.41) is 11.9. The second-order valence-corrected chi connectivity index (χ2v) is 6.49. The van der Waals surface area contributed by atoms with Gasteiger partial charge in [0.2, 0.25) is 0 Å². The molecule has 3 rings (SSSR count). The molecule has 2 heterocycles. The van der Waals surface area contributed by atoms with Crippen molar-refractivity contribution >= 4 is 42.6 Å². The van der Waals surface area contributed by atoms with E-state index in [0.29, 0.717) is 11.7 Å². The molecule has 28 heavy (non-hydrogen) atoms. The molecule has 0 radical (unpaired) electrons. The first-order valence-corrected chi connectivity index (χ1v) is 8.61. The number of nitrogens with zero attached hydrogens (tertiary/aromatic N) is 3. The molecule has 1 aliphatic heterocycles. The Labute approximate surface area is 177 Å². The lowest BCUT2D eigenvalue weighted by Crippen LogP contribution is -2.26. The number of carbonyl (C=O) groups is 1. The van der Waals surface area contributed by atoms with Gasteiger partial charge in [-0.3, -0.25) is 19.9 Å². The van der Waals surface area contributed by atoms with Crippen molar-refractivity contribution in [3.8, 4) is 0 Å². The van der Waals surface area contributed by atoms with Crippen molar-refractivity contribution in [1.82, 2.24) is 20.3 Å². The van der Waals surface area contributed by atoms with Crippen molar-refractivity contribution in [2.45, 2.75) is 25.9 Å². The molecule has 152 valence electrons. The number of hydrogen-bond donors (Lipinski definition) is 3. The molecule has 1 atom stereocenters. The fraction of sp³-hybridized carbons (Fsp3) is 0.316. The van der Waals surface area contributed by atoms with Gasteiger partial charge in [-0.1, -0.05) is 29.8 Å². The van der Waals surface area contributed by atoms with Crippen LogP contribution >= 0.6 is 24.8 Å². The molecule has 1 fully saturated rings. The lowest BCUT2D eigenvalue weighted by atomic mass is 10.1. The Bertz CT molecular complexity index is 769. The fourth-order valence-electron chi connectivity index (χ4n) is 2.95. The number of benzene rings is 1. The van der Waals surface area contributed by atoms with Gasteiger partial charge in [0.1, 0.15) is 5.82 Å². The second-order valence-electron chi connectivity index (χ2n) is 6.49. The zero-order valence-electron chi connectivity index (χ0n) is 15.5. The standard InChI is InChI=1S/C19H23N5O2.2ClH/c1-14-2-4-15(5-3-14)12-24-9-8-17(13-24)22-18-11-20-16(10-21-18)6-7-19(25)23-26;;/h2-7,10-11,17,26H,8-9,12-13H2,1H3,(H,21,22)(H,23,25);2*1H/b7-6+;;/t17-;;/m1../s1. The summed E-state index contributed by atoms with van der Waals surface area (Å²) < 4.78 is 0. The molecule has 1 aromatic carbocycles. The highest BCUT2D eigenvalue weighted by Gasteiger charge is 2.22. The van der Waals surface area contributed by atoms with Gasteiger partial charge in [-0.2, -0.15) is 0 Å². The van der Waals surface area contributed by atoms with Crippen LogP contribution in [0.5, 0.6) is 0 Å².